The highest BCUT2D eigenvalue weighted by molar-refractivity contribution is 5.80. The molecule has 1 amide bonds. The van der Waals surface area contributed by atoms with E-state index in [0.29, 0.717) is 12.3 Å². The van der Waals surface area contributed by atoms with Crippen LogP contribution in [-0.2, 0) is 11.3 Å². The number of carbonyl (C=O) groups excluding carboxylic acids is 1. The predicted octanol–water partition coefficient (Wildman–Crippen LogP) is 2.28. The van der Waals surface area contributed by atoms with Crippen molar-refractivity contribution >= 4 is 17.6 Å². The Balaban J connectivity index is 1.62. The van der Waals surface area contributed by atoms with Gasteiger partial charge in [0.05, 0.1) is 13.7 Å². The first kappa shape index (κ1) is 23.2. The van der Waals surface area contributed by atoms with Crippen LogP contribution in [0.4, 0.5) is 5.69 Å². The zero-order chi connectivity index (χ0) is 22.8. The number of ether oxygens (including phenoxy) is 2. The summed E-state index contributed by atoms with van der Waals surface area (Å²) in [6.45, 7) is 5.11. The van der Waals surface area contributed by atoms with E-state index in [1.807, 2.05) is 30.3 Å². The monoisotopic (exact) mass is 439 g/mol. The second kappa shape index (κ2) is 11.8. The van der Waals surface area contributed by atoms with Crippen LogP contribution >= 0.6 is 0 Å². The number of rotatable bonds is 9. The second-order valence-corrected chi connectivity index (χ2v) is 7.73. The molecular formula is C24H33N5O3. The van der Waals surface area contributed by atoms with Crippen LogP contribution in [0.1, 0.15) is 25.3 Å². The summed E-state index contributed by atoms with van der Waals surface area (Å²) in [5, 5.41) is 6.92. The molecule has 8 heteroatoms. The van der Waals surface area contributed by atoms with Crippen LogP contribution in [0.25, 0.3) is 0 Å². The van der Waals surface area contributed by atoms with Crippen LogP contribution < -0.4 is 30.7 Å². The van der Waals surface area contributed by atoms with Crippen LogP contribution in [0.5, 0.6) is 11.5 Å². The molecule has 1 heterocycles. The Hall–Kier alpha value is -3.42. The average molecular weight is 440 g/mol. The molecule has 1 saturated heterocycles. The van der Waals surface area contributed by atoms with E-state index in [0.717, 1.165) is 49.7 Å². The van der Waals surface area contributed by atoms with Crippen LogP contribution in [0, 0.1) is 0 Å². The van der Waals surface area contributed by atoms with E-state index >= 15 is 0 Å². The summed E-state index contributed by atoms with van der Waals surface area (Å²) in [7, 11) is 1.69. The van der Waals surface area contributed by atoms with Crippen molar-refractivity contribution in [3.8, 4) is 11.5 Å². The first-order valence-corrected chi connectivity index (χ1v) is 11.0. The summed E-state index contributed by atoms with van der Waals surface area (Å²) in [4.78, 5) is 18.1. The van der Waals surface area contributed by atoms with E-state index in [1.165, 1.54) is 5.69 Å². The number of piperidine rings is 1. The van der Waals surface area contributed by atoms with Gasteiger partial charge in [-0.05, 0) is 49.6 Å². The van der Waals surface area contributed by atoms with Gasteiger partial charge in [0.1, 0.15) is 11.5 Å². The highest BCUT2D eigenvalue weighted by atomic mass is 16.5. The van der Waals surface area contributed by atoms with Crippen LogP contribution in [0.15, 0.2) is 53.5 Å². The molecule has 1 fully saturated rings. The van der Waals surface area contributed by atoms with Gasteiger partial charge in [-0.1, -0.05) is 18.2 Å². The molecule has 0 spiro atoms. The van der Waals surface area contributed by atoms with Gasteiger partial charge in [0.25, 0.3) is 5.91 Å². The lowest BCUT2D eigenvalue weighted by Gasteiger charge is -2.35. The highest BCUT2D eigenvalue weighted by Gasteiger charge is 2.21. The summed E-state index contributed by atoms with van der Waals surface area (Å²) in [5.41, 5.74) is 7.31. The lowest BCUT2D eigenvalue weighted by Crippen LogP contribution is -2.51. The van der Waals surface area contributed by atoms with E-state index in [-0.39, 0.29) is 12.6 Å². The van der Waals surface area contributed by atoms with E-state index in [2.05, 4.69) is 34.6 Å². The van der Waals surface area contributed by atoms with Crippen molar-refractivity contribution in [1.82, 2.24) is 10.6 Å². The maximum atomic E-state index is 10.9. The van der Waals surface area contributed by atoms with Crippen molar-refractivity contribution in [3.63, 3.8) is 0 Å². The molecule has 8 nitrogen and oxygen atoms in total. The number of hydrogen-bond donors (Lipinski definition) is 3. The Labute approximate surface area is 189 Å². The molecule has 1 aliphatic rings. The van der Waals surface area contributed by atoms with Crippen molar-refractivity contribution in [2.45, 2.75) is 32.4 Å². The molecule has 0 aliphatic carbocycles. The molecule has 172 valence electrons. The molecule has 2 aromatic rings. The van der Waals surface area contributed by atoms with E-state index in [1.54, 1.807) is 13.2 Å². The minimum atomic E-state index is -0.498. The maximum Gasteiger partial charge on any atom is 0.255 e. The molecule has 1 unspecified atom stereocenters. The fourth-order valence-electron chi connectivity index (χ4n) is 3.71. The predicted molar refractivity (Wildman–Crippen MR) is 127 cm³/mol. The number of methoxy groups -OCH3 is 1. The normalized spacial score (nSPS) is 16.4. The Kier molecular flexibility index (Phi) is 8.60. The van der Waals surface area contributed by atoms with Gasteiger partial charge in [0.15, 0.2) is 12.6 Å². The first-order chi connectivity index (χ1) is 15.6. The molecule has 0 saturated carbocycles. The fraction of sp³-hybridized carbons (Fsp3) is 0.417. The van der Waals surface area contributed by atoms with Gasteiger partial charge in [-0.25, -0.2) is 4.99 Å². The number of anilines is 1. The number of aliphatic imine (C=N–C) groups is 1. The molecule has 32 heavy (non-hydrogen) atoms. The van der Waals surface area contributed by atoms with Crippen molar-refractivity contribution in [2.24, 2.45) is 10.7 Å². The molecule has 0 bridgehead atoms. The van der Waals surface area contributed by atoms with Crippen molar-refractivity contribution in [3.05, 3.63) is 54.1 Å². The third kappa shape index (κ3) is 7.08. The SMILES string of the molecule is CCNC(=NCc1cccc(OCC(N)=O)c1)NC1CCCN(c2cccc(OC)c2)C1. The van der Waals surface area contributed by atoms with Crippen LogP contribution in [-0.4, -0.2) is 51.3 Å². The summed E-state index contributed by atoms with van der Waals surface area (Å²) < 4.78 is 10.8. The minimum absolute atomic E-state index is 0.137. The third-order valence-corrected chi connectivity index (χ3v) is 5.22. The van der Waals surface area contributed by atoms with Gasteiger partial charge in [-0.2, -0.15) is 0 Å². The van der Waals surface area contributed by atoms with Crippen LogP contribution in [0.2, 0.25) is 0 Å². The Morgan fingerprint density at radius 2 is 2.03 bits per heavy atom. The molecule has 2 aromatic carbocycles. The number of carbonyl (C=O) groups is 1. The molecule has 0 aromatic heterocycles. The molecule has 3 rings (SSSR count). The summed E-state index contributed by atoms with van der Waals surface area (Å²) in [6, 6.07) is 16.0. The number of nitrogens with zero attached hydrogens (tertiary/aromatic N) is 2. The largest absolute Gasteiger partial charge is 0.497 e. The quantitative estimate of drug-likeness (QED) is 0.409. The summed E-state index contributed by atoms with van der Waals surface area (Å²) in [6.07, 6.45) is 2.19. The maximum absolute atomic E-state index is 10.9. The van der Waals surface area contributed by atoms with Crippen molar-refractivity contribution < 1.29 is 14.3 Å². The fourth-order valence-corrected chi connectivity index (χ4v) is 3.71. The van der Waals surface area contributed by atoms with Gasteiger partial charge in [-0.3, -0.25) is 4.79 Å². The smallest absolute Gasteiger partial charge is 0.255 e. The van der Waals surface area contributed by atoms with Gasteiger partial charge in [0.2, 0.25) is 0 Å². The Bertz CT molecular complexity index is 918. The number of guanidine groups is 1. The second-order valence-electron chi connectivity index (χ2n) is 7.73. The van der Waals surface area contributed by atoms with Crippen LogP contribution in [0.3, 0.4) is 0 Å². The molecule has 1 aliphatic heterocycles. The lowest BCUT2D eigenvalue weighted by molar-refractivity contribution is -0.119. The van der Waals surface area contributed by atoms with E-state index in [4.69, 9.17) is 20.2 Å². The summed E-state index contributed by atoms with van der Waals surface area (Å²) in [5.74, 6) is 1.76. The Morgan fingerprint density at radius 1 is 1.22 bits per heavy atom. The van der Waals surface area contributed by atoms with Gasteiger partial charge < -0.3 is 30.7 Å². The van der Waals surface area contributed by atoms with E-state index in [9.17, 15) is 4.79 Å². The van der Waals surface area contributed by atoms with Gasteiger partial charge in [0, 0.05) is 37.4 Å². The first-order valence-electron chi connectivity index (χ1n) is 11.0. The molecular weight excluding hydrogens is 406 g/mol. The highest BCUT2D eigenvalue weighted by Crippen LogP contribution is 2.24. The Morgan fingerprint density at radius 3 is 2.81 bits per heavy atom. The number of benzene rings is 2. The number of nitrogens with two attached hydrogens (primary N) is 1. The number of hydrogen-bond acceptors (Lipinski definition) is 5. The number of primary amides is 1. The molecule has 0 radical (unpaired) electrons. The average Bonchev–Trinajstić information content (AvgIpc) is 2.82. The van der Waals surface area contributed by atoms with Gasteiger partial charge in [-0.15, -0.1) is 0 Å². The number of nitrogens with one attached hydrogen (secondary N) is 2. The van der Waals surface area contributed by atoms with Crippen molar-refractivity contribution in [1.29, 1.82) is 0 Å². The number of amides is 1. The minimum Gasteiger partial charge on any atom is -0.497 e. The van der Waals surface area contributed by atoms with E-state index < -0.39 is 5.91 Å². The molecule has 4 N–H and O–H groups in total. The topological polar surface area (TPSA) is 101 Å². The standard InChI is InChI=1S/C24H33N5O3/c1-3-26-24(27-15-18-7-4-11-22(13-18)32-17-23(25)30)28-19-8-6-12-29(16-19)20-9-5-10-21(14-20)31-2/h4-5,7,9-11,13-14,19H,3,6,8,12,15-17H2,1-2H3,(H2,25,30)(H2,26,27,28). The zero-order valence-electron chi connectivity index (χ0n) is 18.8. The van der Waals surface area contributed by atoms with Crippen molar-refractivity contribution in [2.75, 3.05) is 38.3 Å². The lowest BCUT2D eigenvalue weighted by atomic mass is 10.0. The third-order valence-electron chi connectivity index (χ3n) is 5.22. The van der Waals surface area contributed by atoms with Gasteiger partial charge >= 0.3 is 0 Å². The zero-order valence-corrected chi connectivity index (χ0v) is 18.8. The molecule has 1 atom stereocenters. The summed E-state index contributed by atoms with van der Waals surface area (Å²) >= 11 is 0.